The highest BCUT2D eigenvalue weighted by Crippen LogP contribution is 2.26. The van der Waals surface area contributed by atoms with Gasteiger partial charge < -0.3 is 5.32 Å². The number of carbonyl (C=O) groups excluding carboxylic acids is 1. The maximum atomic E-state index is 12.9. The largest absolute Gasteiger partial charge is 0.326 e. The standard InChI is InChI=1S/C22H23N5OS/c1-13(2)15-6-5-14(3)20(9-15)27(4)22(28)24-16-7-8-17-18(10-16)26-21(25-17)19-11-29-12-23-19/h5-13H,1-4H3,(H,24,28)(H,25,26)/p+1. The maximum Gasteiger partial charge on any atom is 0.326 e. The van der Waals surface area contributed by atoms with E-state index in [1.807, 2.05) is 30.5 Å². The average Bonchev–Trinajstić information content (AvgIpc) is 3.36. The van der Waals surface area contributed by atoms with Crippen LogP contribution in [0.3, 0.4) is 0 Å². The second-order valence-corrected chi connectivity index (χ2v) is 8.17. The van der Waals surface area contributed by atoms with Gasteiger partial charge in [-0.3, -0.25) is 4.90 Å². The summed E-state index contributed by atoms with van der Waals surface area (Å²) in [4.78, 5) is 25.5. The van der Waals surface area contributed by atoms with Crippen molar-refractivity contribution in [3.63, 3.8) is 0 Å². The summed E-state index contributed by atoms with van der Waals surface area (Å²) in [5, 5.41) is 4.97. The van der Waals surface area contributed by atoms with E-state index >= 15 is 0 Å². The van der Waals surface area contributed by atoms with E-state index in [9.17, 15) is 4.79 Å². The quantitative estimate of drug-likeness (QED) is 0.488. The van der Waals surface area contributed by atoms with Gasteiger partial charge in [0.05, 0.1) is 5.51 Å². The number of H-pyrrole nitrogens is 2. The zero-order valence-corrected chi connectivity index (χ0v) is 17.7. The normalized spacial score (nSPS) is 11.2. The summed E-state index contributed by atoms with van der Waals surface area (Å²) < 4.78 is 0. The molecule has 2 amide bonds. The molecule has 29 heavy (non-hydrogen) atoms. The van der Waals surface area contributed by atoms with Crippen LogP contribution in [-0.4, -0.2) is 23.0 Å². The second kappa shape index (κ2) is 7.67. The summed E-state index contributed by atoms with van der Waals surface area (Å²) in [7, 11) is 1.79. The third-order valence-corrected chi connectivity index (χ3v) is 5.63. The number of benzene rings is 2. The van der Waals surface area contributed by atoms with E-state index in [4.69, 9.17) is 0 Å². The molecule has 4 rings (SSSR count). The molecule has 3 N–H and O–H groups in total. The maximum absolute atomic E-state index is 12.9. The molecule has 0 spiro atoms. The molecule has 4 aromatic rings. The number of aromatic nitrogens is 3. The van der Waals surface area contributed by atoms with Gasteiger partial charge in [-0.05, 0) is 42.2 Å². The minimum atomic E-state index is -0.177. The molecule has 2 aromatic carbocycles. The van der Waals surface area contributed by atoms with Gasteiger partial charge in [0.1, 0.15) is 0 Å². The van der Waals surface area contributed by atoms with Crippen molar-refractivity contribution in [1.82, 2.24) is 9.97 Å². The van der Waals surface area contributed by atoms with E-state index in [1.165, 1.54) is 5.56 Å². The number of urea groups is 1. The number of aryl methyl sites for hydroxylation is 1. The van der Waals surface area contributed by atoms with E-state index in [0.717, 1.165) is 39.5 Å². The molecule has 2 aromatic heterocycles. The zero-order valence-electron chi connectivity index (χ0n) is 16.9. The minimum Gasteiger partial charge on any atom is -0.307 e. The first-order valence-electron chi connectivity index (χ1n) is 9.51. The predicted octanol–water partition coefficient (Wildman–Crippen LogP) is 5.21. The van der Waals surface area contributed by atoms with E-state index in [0.29, 0.717) is 5.92 Å². The number of hydrogen-bond donors (Lipinski definition) is 2. The molecule has 0 fully saturated rings. The molecule has 0 atom stereocenters. The third-order valence-electron chi connectivity index (χ3n) is 5.04. The molecule has 148 valence electrons. The Hall–Kier alpha value is -3.19. The van der Waals surface area contributed by atoms with E-state index in [1.54, 1.807) is 28.8 Å². The number of thiazole rings is 1. The van der Waals surface area contributed by atoms with Crippen LogP contribution in [0.1, 0.15) is 30.9 Å². The van der Waals surface area contributed by atoms with Crippen LogP contribution >= 0.6 is 11.3 Å². The van der Waals surface area contributed by atoms with Gasteiger partial charge in [-0.15, -0.1) is 11.3 Å². The van der Waals surface area contributed by atoms with Crippen LogP contribution in [0.15, 0.2) is 47.3 Å². The first-order chi connectivity index (χ1) is 13.9. The van der Waals surface area contributed by atoms with Crippen molar-refractivity contribution in [2.45, 2.75) is 26.7 Å². The average molecular weight is 407 g/mol. The number of amides is 2. The lowest BCUT2D eigenvalue weighted by atomic mass is 10.0. The van der Waals surface area contributed by atoms with E-state index < -0.39 is 0 Å². The van der Waals surface area contributed by atoms with Gasteiger partial charge in [-0.2, -0.15) is 0 Å². The van der Waals surface area contributed by atoms with Gasteiger partial charge in [0.15, 0.2) is 16.7 Å². The lowest BCUT2D eigenvalue weighted by Gasteiger charge is -2.21. The highest BCUT2D eigenvalue weighted by Gasteiger charge is 2.17. The fourth-order valence-electron chi connectivity index (χ4n) is 3.26. The Morgan fingerprint density at radius 2 is 2.07 bits per heavy atom. The Labute approximate surface area is 173 Å². The Bertz CT molecular complexity index is 1160. The number of aromatic amines is 2. The highest BCUT2D eigenvalue weighted by molar-refractivity contribution is 7.07. The molecule has 0 unspecified atom stereocenters. The summed E-state index contributed by atoms with van der Waals surface area (Å²) >= 11 is 1.55. The number of nitrogens with zero attached hydrogens (tertiary/aromatic N) is 2. The molecule has 0 saturated heterocycles. The van der Waals surface area contributed by atoms with Crippen molar-refractivity contribution < 1.29 is 9.78 Å². The van der Waals surface area contributed by atoms with Crippen molar-refractivity contribution in [2.75, 3.05) is 17.3 Å². The van der Waals surface area contributed by atoms with Gasteiger partial charge in [-0.25, -0.2) is 19.7 Å². The molecular weight excluding hydrogens is 382 g/mol. The molecule has 0 aliphatic heterocycles. The number of nitrogens with one attached hydrogen (secondary N) is 3. The smallest absolute Gasteiger partial charge is 0.307 e. The minimum absolute atomic E-state index is 0.177. The van der Waals surface area contributed by atoms with Crippen LogP contribution in [0.4, 0.5) is 16.2 Å². The fraction of sp³-hybridized carbons (Fsp3) is 0.227. The Kier molecular flexibility index (Phi) is 5.07. The summed E-state index contributed by atoms with van der Waals surface area (Å²) in [6.07, 6.45) is 0. The molecule has 6 nitrogen and oxygen atoms in total. The third kappa shape index (κ3) is 3.86. The van der Waals surface area contributed by atoms with E-state index in [2.05, 4.69) is 52.3 Å². The molecular formula is C22H24N5OS+. The molecule has 2 heterocycles. The summed E-state index contributed by atoms with van der Waals surface area (Å²) in [6, 6.07) is 11.8. The van der Waals surface area contributed by atoms with Crippen LogP contribution in [0.2, 0.25) is 0 Å². The predicted molar refractivity (Wildman–Crippen MR) is 119 cm³/mol. The fourth-order valence-corrected chi connectivity index (χ4v) is 3.81. The van der Waals surface area contributed by atoms with Crippen molar-refractivity contribution in [2.24, 2.45) is 0 Å². The van der Waals surface area contributed by atoms with Crippen LogP contribution in [-0.2, 0) is 0 Å². The number of rotatable bonds is 4. The van der Waals surface area contributed by atoms with Crippen LogP contribution < -0.4 is 15.2 Å². The van der Waals surface area contributed by atoms with Gasteiger partial charge in [0.25, 0.3) is 0 Å². The highest BCUT2D eigenvalue weighted by atomic mass is 32.1. The van der Waals surface area contributed by atoms with E-state index in [-0.39, 0.29) is 6.03 Å². The van der Waals surface area contributed by atoms with Crippen molar-refractivity contribution in [3.8, 4) is 11.5 Å². The SMILES string of the molecule is Cc1ccc(C(C)C)cc1N(C)C(=O)Nc1ccc2[nH+]c(-c3cscn3)[nH]c2c1. The Balaban J connectivity index is 1.56. The number of imidazole rings is 1. The van der Waals surface area contributed by atoms with Gasteiger partial charge in [-0.1, -0.05) is 26.0 Å². The number of hydrogen-bond acceptors (Lipinski definition) is 3. The molecule has 0 radical (unpaired) electrons. The lowest BCUT2D eigenvalue weighted by Crippen LogP contribution is -2.31. The molecule has 0 aliphatic carbocycles. The number of anilines is 2. The zero-order chi connectivity index (χ0) is 20.5. The summed E-state index contributed by atoms with van der Waals surface area (Å²) in [5.74, 6) is 1.26. The number of carbonyl (C=O) groups is 1. The molecule has 0 bridgehead atoms. The van der Waals surface area contributed by atoms with Crippen molar-refractivity contribution in [1.29, 1.82) is 0 Å². The topological polar surface area (TPSA) is 75.2 Å². The second-order valence-electron chi connectivity index (χ2n) is 7.45. The molecule has 0 saturated carbocycles. The first-order valence-corrected chi connectivity index (χ1v) is 10.5. The van der Waals surface area contributed by atoms with Gasteiger partial charge in [0.2, 0.25) is 0 Å². The number of fused-ring (bicyclic) bond motifs is 1. The first kappa shape index (κ1) is 19.1. The van der Waals surface area contributed by atoms with Crippen LogP contribution in [0.5, 0.6) is 0 Å². The Morgan fingerprint density at radius 1 is 1.24 bits per heavy atom. The monoisotopic (exact) mass is 406 g/mol. The van der Waals surface area contributed by atoms with Gasteiger partial charge >= 0.3 is 11.9 Å². The molecule has 0 aliphatic rings. The van der Waals surface area contributed by atoms with Crippen LogP contribution in [0.25, 0.3) is 22.6 Å². The molecule has 7 heteroatoms. The van der Waals surface area contributed by atoms with Crippen molar-refractivity contribution in [3.05, 3.63) is 58.4 Å². The van der Waals surface area contributed by atoms with Gasteiger partial charge in [0, 0.05) is 29.9 Å². The lowest BCUT2D eigenvalue weighted by molar-refractivity contribution is -0.330. The van der Waals surface area contributed by atoms with Crippen LogP contribution in [0, 0.1) is 6.92 Å². The van der Waals surface area contributed by atoms with Crippen molar-refractivity contribution >= 4 is 39.8 Å². The Morgan fingerprint density at radius 3 is 2.79 bits per heavy atom. The summed E-state index contributed by atoms with van der Waals surface area (Å²) in [5.41, 5.74) is 8.45. The summed E-state index contributed by atoms with van der Waals surface area (Å²) in [6.45, 7) is 6.32.